The Bertz CT molecular complexity index is 572. The van der Waals surface area contributed by atoms with Crippen LogP contribution in [0.2, 0.25) is 0 Å². The maximum atomic E-state index is 12.8. The summed E-state index contributed by atoms with van der Waals surface area (Å²) in [7, 11) is 2.02. The Labute approximate surface area is 138 Å². The summed E-state index contributed by atoms with van der Waals surface area (Å²) in [6.45, 7) is 2.88. The summed E-state index contributed by atoms with van der Waals surface area (Å²) >= 11 is 0. The van der Waals surface area contributed by atoms with Gasteiger partial charge in [-0.2, -0.15) is 0 Å². The van der Waals surface area contributed by atoms with Crippen LogP contribution < -0.4 is 5.32 Å². The van der Waals surface area contributed by atoms with Crippen LogP contribution in [0.4, 0.5) is 0 Å². The minimum absolute atomic E-state index is 0.0618. The van der Waals surface area contributed by atoms with E-state index in [9.17, 15) is 4.79 Å². The predicted octanol–water partition coefficient (Wildman–Crippen LogP) is 2.18. The Morgan fingerprint density at radius 3 is 2.74 bits per heavy atom. The number of nitrogens with one attached hydrogen (secondary N) is 1. The lowest BCUT2D eigenvalue weighted by Crippen LogP contribution is -2.47. The Balaban J connectivity index is 1.50. The van der Waals surface area contributed by atoms with Gasteiger partial charge in [0.25, 0.3) is 0 Å². The maximum Gasteiger partial charge on any atom is 0.230 e. The van der Waals surface area contributed by atoms with Gasteiger partial charge in [0, 0.05) is 32.7 Å². The molecule has 1 aromatic heterocycles. The van der Waals surface area contributed by atoms with Crippen molar-refractivity contribution in [3.8, 4) is 0 Å². The van der Waals surface area contributed by atoms with Gasteiger partial charge in [-0.15, -0.1) is 0 Å². The Morgan fingerprint density at radius 2 is 2.04 bits per heavy atom. The number of aromatic nitrogens is 2. The van der Waals surface area contributed by atoms with Crippen molar-refractivity contribution in [1.29, 1.82) is 0 Å². The first kappa shape index (κ1) is 15.2. The fourth-order valence-corrected chi connectivity index (χ4v) is 4.44. The SMILES string of the molecule is Cn1cnc2c1C(C(=O)NC1CCC1)CN(CC1CCCC1)C2. The number of hydrogen-bond donors (Lipinski definition) is 1. The fourth-order valence-electron chi connectivity index (χ4n) is 4.44. The highest BCUT2D eigenvalue weighted by molar-refractivity contribution is 5.84. The largest absolute Gasteiger partial charge is 0.353 e. The first-order valence-electron chi connectivity index (χ1n) is 9.23. The lowest BCUT2D eigenvalue weighted by atomic mass is 9.90. The van der Waals surface area contributed by atoms with Crippen molar-refractivity contribution in [2.45, 2.75) is 63.5 Å². The minimum Gasteiger partial charge on any atom is -0.353 e. The zero-order valence-electron chi connectivity index (χ0n) is 14.1. The molecule has 5 nitrogen and oxygen atoms in total. The molecule has 1 atom stereocenters. The lowest BCUT2D eigenvalue weighted by molar-refractivity contribution is -0.124. The summed E-state index contributed by atoms with van der Waals surface area (Å²) in [4.78, 5) is 19.9. The predicted molar refractivity (Wildman–Crippen MR) is 89.0 cm³/mol. The molecule has 3 aliphatic rings. The maximum absolute atomic E-state index is 12.8. The van der Waals surface area contributed by atoms with E-state index in [0.717, 1.165) is 49.8 Å². The molecular formula is C18H28N4O. The Kier molecular flexibility index (Phi) is 4.14. The Morgan fingerprint density at radius 1 is 1.26 bits per heavy atom. The van der Waals surface area contributed by atoms with Crippen LogP contribution >= 0.6 is 0 Å². The van der Waals surface area contributed by atoms with Crippen LogP contribution in [0, 0.1) is 5.92 Å². The van der Waals surface area contributed by atoms with Gasteiger partial charge in [-0.3, -0.25) is 9.69 Å². The van der Waals surface area contributed by atoms with E-state index in [1.165, 1.54) is 32.1 Å². The lowest BCUT2D eigenvalue weighted by Gasteiger charge is -2.35. The Hall–Kier alpha value is -1.36. The van der Waals surface area contributed by atoms with Gasteiger partial charge in [0.05, 0.1) is 23.6 Å². The van der Waals surface area contributed by atoms with Crippen molar-refractivity contribution in [2.75, 3.05) is 13.1 Å². The van der Waals surface area contributed by atoms with Crippen LogP contribution in [0.3, 0.4) is 0 Å². The molecular weight excluding hydrogens is 288 g/mol. The van der Waals surface area contributed by atoms with Crippen molar-refractivity contribution < 1.29 is 4.79 Å². The summed E-state index contributed by atoms with van der Waals surface area (Å²) in [5, 5.41) is 3.25. The van der Waals surface area contributed by atoms with Gasteiger partial charge in [-0.1, -0.05) is 12.8 Å². The zero-order chi connectivity index (χ0) is 15.8. The van der Waals surface area contributed by atoms with E-state index in [1.807, 2.05) is 17.9 Å². The quantitative estimate of drug-likeness (QED) is 0.926. The van der Waals surface area contributed by atoms with Gasteiger partial charge in [-0.05, 0) is 38.0 Å². The van der Waals surface area contributed by atoms with Gasteiger partial charge >= 0.3 is 0 Å². The fraction of sp³-hybridized carbons (Fsp3) is 0.778. The average molecular weight is 316 g/mol. The van der Waals surface area contributed by atoms with Crippen LogP contribution in [0.5, 0.6) is 0 Å². The number of imidazole rings is 1. The van der Waals surface area contributed by atoms with Gasteiger partial charge in [0.1, 0.15) is 0 Å². The minimum atomic E-state index is -0.0618. The smallest absolute Gasteiger partial charge is 0.230 e. The first-order valence-corrected chi connectivity index (χ1v) is 9.23. The van der Waals surface area contributed by atoms with Crippen LogP contribution in [-0.4, -0.2) is 39.5 Å². The van der Waals surface area contributed by atoms with Crippen molar-refractivity contribution in [2.24, 2.45) is 13.0 Å². The summed E-state index contributed by atoms with van der Waals surface area (Å²) in [6.07, 6.45) is 10.9. The topological polar surface area (TPSA) is 50.2 Å². The van der Waals surface area contributed by atoms with Crippen LogP contribution in [0.15, 0.2) is 6.33 Å². The van der Waals surface area contributed by atoms with E-state index in [0.29, 0.717) is 6.04 Å². The summed E-state index contributed by atoms with van der Waals surface area (Å²) in [6, 6.07) is 0.407. The zero-order valence-corrected chi connectivity index (χ0v) is 14.1. The van der Waals surface area contributed by atoms with E-state index in [-0.39, 0.29) is 11.8 Å². The molecule has 1 aromatic rings. The number of nitrogens with zero attached hydrogens (tertiary/aromatic N) is 3. The number of rotatable bonds is 4. The van der Waals surface area contributed by atoms with Crippen molar-refractivity contribution in [3.05, 3.63) is 17.7 Å². The van der Waals surface area contributed by atoms with Crippen molar-refractivity contribution in [1.82, 2.24) is 19.8 Å². The third-order valence-corrected chi connectivity index (χ3v) is 5.97. The molecule has 2 heterocycles. The molecule has 1 aliphatic heterocycles. The van der Waals surface area contributed by atoms with Gasteiger partial charge < -0.3 is 9.88 Å². The molecule has 2 saturated carbocycles. The molecule has 0 aromatic carbocycles. The number of amides is 1. The summed E-state index contributed by atoms with van der Waals surface area (Å²) in [5.74, 6) is 0.958. The highest BCUT2D eigenvalue weighted by Crippen LogP contribution is 2.32. The molecule has 0 bridgehead atoms. The molecule has 126 valence electrons. The van der Waals surface area contributed by atoms with Gasteiger partial charge in [0.15, 0.2) is 0 Å². The van der Waals surface area contributed by atoms with Crippen LogP contribution in [0.1, 0.15) is 62.3 Å². The first-order chi connectivity index (χ1) is 11.2. The number of hydrogen-bond acceptors (Lipinski definition) is 3. The van der Waals surface area contributed by atoms with E-state index in [4.69, 9.17) is 0 Å². The highest BCUT2D eigenvalue weighted by Gasteiger charge is 2.36. The molecule has 4 rings (SSSR count). The van der Waals surface area contributed by atoms with Crippen molar-refractivity contribution in [3.63, 3.8) is 0 Å². The number of carbonyl (C=O) groups excluding carboxylic acids is 1. The molecule has 1 unspecified atom stereocenters. The molecule has 1 amide bonds. The molecule has 1 N–H and O–H groups in total. The monoisotopic (exact) mass is 316 g/mol. The second kappa shape index (κ2) is 6.27. The van der Waals surface area contributed by atoms with Gasteiger partial charge in [0.2, 0.25) is 5.91 Å². The molecule has 0 saturated heterocycles. The third-order valence-electron chi connectivity index (χ3n) is 5.97. The van der Waals surface area contributed by atoms with E-state index in [1.54, 1.807) is 0 Å². The second-order valence-corrected chi connectivity index (χ2v) is 7.72. The van der Waals surface area contributed by atoms with Crippen LogP contribution in [0.25, 0.3) is 0 Å². The highest BCUT2D eigenvalue weighted by atomic mass is 16.2. The normalized spacial score (nSPS) is 26.0. The summed E-state index contributed by atoms with van der Waals surface area (Å²) in [5.41, 5.74) is 2.23. The van der Waals surface area contributed by atoms with E-state index < -0.39 is 0 Å². The average Bonchev–Trinajstić information content (AvgIpc) is 3.12. The molecule has 0 spiro atoms. The number of carbonyl (C=O) groups is 1. The van der Waals surface area contributed by atoms with E-state index >= 15 is 0 Å². The molecule has 2 fully saturated rings. The number of aryl methyl sites for hydroxylation is 1. The van der Waals surface area contributed by atoms with Crippen LogP contribution in [-0.2, 0) is 18.4 Å². The summed E-state index contributed by atoms with van der Waals surface area (Å²) < 4.78 is 2.05. The van der Waals surface area contributed by atoms with Gasteiger partial charge in [-0.25, -0.2) is 4.98 Å². The third kappa shape index (κ3) is 3.03. The molecule has 0 radical (unpaired) electrons. The molecule has 5 heteroatoms. The molecule has 2 aliphatic carbocycles. The molecule has 23 heavy (non-hydrogen) atoms. The number of fused-ring (bicyclic) bond motifs is 1. The van der Waals surface area contributed by atoms with E-state index in [2.05, 4.69) is 15.2 Å². The van der Waals surface area contributed by atoms with Crippen molar-refractivity contribution >= 4 is 5.91 Å². The second-order valence-electron chi connectivity index (χ2n) is 7.72. The standard InChI is InChI=1S/C18H28N4O/c1-21-12-19-16-11-22(9-13-5-2-3-6-13)10-15(17(16)21)18(23)20-14-7-4-8-14/h12-15H,2-11H2,1H3,(H,20,23).